The summed E-state index contributed by atoms with van der Waals surface area (Å²) in [5.74, 6) is -0.0403. The van der Waals surface area contributed by atoms with Crippen molar-refractivity contribution in [2.24, 2.45) is 0 Å². The minimum Gasteiger partial charge on any atom is -0.507 e. The summed E-state index contributed by atoms with van der Waals surface area (Å²) in [7, 11) is 0. The van der Waals surface area contributed by atoms with Crippen LogP contribution in [-0.2, 0) is 0 Å². The standard InChI is InChI=1S/C10H6Cl2O2/c11-5-1-2-6-7(3-5)10(14)8(12)4-9(6)13/h1-4,13-14H. The van der Waals surface area contributed by atoms with Gasteiger partial charge in [-0.1, -0.05) is 23.2 Å². The third kappa shape index (κ3) is 1.37. The fourth-order valence-corrected chi connectivity index (χ4v) is 1.71. The van der Waals surface area contributed by atoms with E-state index in [0.717, 1.165) is 0 Å². The van der Waals surface area contributed by atoms with Crippen LogP contribution in [0.15, 0.2) is 24.3 Å². The highest BCUT2D eigenvalue weighted by molar-refractivity contribution is 6.34. The van der Waals surface area contributed by atoms with Gasteiger partial charge in [0.1, 0.15) is 11.5 Å². The van der Waals surface area contributed by atoms with Gasteiger partial charge in [0, 0.05) is 21.9 Å². The van der Waals surface area contributed by atoms with E-state index in [9.17, 15) is 10.2 Å². The highest BCUT2D eigenvalue weighted by atomic mass is 35.5. The molecule has 0 aliphatic heterocycles. The first-order valence-electron chi connectivity index (χ1n) is 3.89. The molecular weight excluding hydrogens is 223 g/mol. The van der Waals surface area contributed by atoms with Crippen molar-refractivity contribution in [3.8, 4) is 11.5 Å². The van der Waals surface area contributed by atoms with E-state index in [2.05, 4.69) is 0 Å². The van der Waals surface area contributed by atoms with E-state index in [1.807, 2.05) is 0 Å². The summed E-state index contributed by atoms with van der Waals surface area (Å²) in [5, 5.41) is 20.7. The summed E-state index contributed by atoms with van der Waals surface area (Å²) in [5.41, 5.74) is 0. The monoisotopic (exact) mass is 228 g/mol. The lowest BCUT2D eigenvalue weighted by Gasteiger charge is -2.05. The van der Waals surface area contributed by atoms with E-state index in [0.29, 0.717) is 15.8 Å². The minimum atomic E-state index is -0.0676. The molecule has 0 radical (unpaired) electrons. The zero-order valence-electron chi connectivity index (χ0n) is 6.96. The second-order valence-electron chi connectivity index (χ2n) is 2.92. The molecule has 0 spiro atoms. The van der Waals surface area contributed by atoms with Crippen LogP contribution in [0, 0.1) is 0 Å². The molecule has 0 bridgehead atoms. The maximum absolute atomic E-state index is 9.61. The van der Waals surface area contributed by atoms with Crippen LogP contribution in [0.1, 0.15) is 0 Å². The van der Waals surface area contributed by atoms with E-state index in [1.54, 1.807) is 18.2 Å². The molecule has 2 rings (SSSR count). The molecule has 0 aliphatic rings. The molecular formula is C10H6Cl2O2. The number of benzene rings is 2. The van der Waals surface area contributed by atoms with Crippen LogP contribution < -0.4 is 0 Å². The number of hydrogen-bond donors (Lipinski definition) is 2. The molecule has 2 aromatic carbocycles. The predicted molar refractivity (Wildman–Crippen MR) is 57.3 cm³/mol. The summed E-state index contributed by atoms with van der Waals surface area (Å²) in [6.45, 7) is 0. The Labute approximate surface area is 90.3 Å². The average molecular weight is 229 g/mol. The number of phenols is 2. The first-order valence-corrected chi connectivity index (χ1v) is 4.65. The van der Waals surface area contributed by atoms with E-state index < -0.39 is 0 Å². The van der Waals surface area contributed by atoms with Crippen molar-refractivity contribution in [3.05, 3.63) is 34.3 Å². The molecule has 4 heteroatoms. The van der Waals surface area contributed by atoms with Gasteiger partial charge in [0.25, 0.3) is 0 Å². The van der Waals surface area contributed by atoms with Crippen molar-refractivity contribution in [1.82, 2.24) is 0 Å². The average Bonchev–Trinajstić information content (AvgIpc) is 2.14. The Hall–Kier alpha value is -1.12. The molecule has 0 heterocycles. The van der Waals surface area contributed by atoms with Gasteiger partial charge in [0.05, 0.1) is 5.02 Å². The summed E-state index contributed by atoms with van der Waals surface area (Å²) in [6.07, 6.45) is 0. The molecule has 0 aliphatic carbocycles. The highest BCUT2D eigenvalue weighted by Crippen LogP contribution is 2.39. The van der Waals surface area contributed by atoms with Crippen LogP contribution in [0.5, 0.6) is 11.5 Å². The highest BCUT2D eigenvalue weighted by Gasteiger charge is 2.09. The lowest BCUT2D eigenvalue weighted by molar-refractivity contribution is 0.470. The summed E-state index contributed by atoms with van der Waals surface area (Å²) in [4.78, 5) is 0. The van der Waals surface area contributed by atoms with Crippen molar-refractivity contribution in [2.75, 3.05) is 0 Å². The minimum absolute atomic E-state index is 0.0273. The van der Waals surface area contributed by atoms with Gasteiger partial charge in [-0.3, -0.25) is 0 Å². The predicted octanol–water partition coefficient (Wildman–Crippen LogP) is 3.56. The second-order valence-corrected chi connectivity index (χ2v) is 3.76. The Bertz CT molecular complexity index is 509. The number of aromatic hydroxyl groups is 2. The SMILES string of the molecule is Oc1cc(Cl)c(O)c2cc(Cl)ccc12. The number of halogens is 2. The third-order valence-corrected chi connectivity index (χ3v) is 2.53. The Morgan fingerprint density at radius 2 is 1.64 bits per heavy atom. The molecule has 0 saturated heterocycles. The largest absolute Gasteiger partial charge is 0.507 e. The molecule has 2 N–H and O–H groups in total. The zero-order chi connectivity index (χ0) is 10.3. The van der Waals surface area contributed by atoms with Crippen LogP contribution in [0.3, 0.4) is 0 Å². The maximum Gasteiger partial charge on any atom is 0.142 e. The zero-order valence-corrected chi connectivity index (χ0v) is 8.47. The molecule has 0 aromatic heterocycles. The van der Waals surface area contributed by atoms with Gasteiger partial charge in [-0.15, -0.1) is 0 Å². The van der Waals surface area contributed by atoms with Crippen molar-refractivity contribution in [2.45, 2.75) is 0 Å². The van der Waals surface area contributed by atoms with Crippen LogP contribution in [0.2, 0.25) is 10.0 Å². The smallest absolute Gasteiger partial charge is 0.142 e. The van der Waals surface area contributed by atoms with E-state index in [1.165, 1.54) is 6.07 Å². The van der Waals surface area contributed by atoms with Gasteiger partial charge in [-0.2, -0.15) is 0 Å². The van der Waals surface area contributed by atoms with Crippen LogP contribution in [-0.4, -0.2) is 10.2 Å². The van der Waals surface area contributed by atoms with Gasteiger partial charge in [0.2, 0.25) is 0 Å². The number of hydrogen-bond acceptors (Lipinski definition) is 2. The van der Waals surface area contributed by atoms with Gasteiger partial charge >= 0.3 is 0 Å². The second kappa shape index (κ2) is 3.23. The Balaban J connectivity index is 2.95. The molecule has 0 fully saturated rings. The molecule has 2 nitrogen and oxygen atoms in total. The fraction of sp³-hybridized carbons (Fsp3) is 0. The van der Waals surface area contributed by atoms with Crippen molar-refractivity contribution < 1.29 is 10.2 Å². The van der Waals surface area contributed by atoms with Crippen molar-refractivity contribution >= 4 is 34.0 Å². The topological polar surface area (TPSA) is 40.5 Å². The molecule has 0 atom stereocenters. The molecule has 0 saturated carbocycles. The lowest BCUT2D eigenvalue weighted by Crippen LogP contribution is -1.77. The van der Waals surface area contributed by atoms with Gasteiger partial charge in [-0.05, 0) is 18.2 Å². The molecule has 0 unspecified atom stereocenters. The Morgan fingerprint density at radius 3 is 2.36 bits per heavy atom. The molecule has 72 valence electrons. The Kier molecular flexibility index (Phi) is 2.17. The van der Waals surface area contributed by atoms with Gasteiger partial charge < -0.3 is 10.2 Å². The quantitative estimate of drug-likeness (QED) is 0.678. The van der Waals surface area contributed by atoms with E-state index in [-0.39, 0.29) is 16.5 Å². The number of fused-ring (bicyclic) bond motifs is 1. The van der Waals surface area contributed by atoms with Gasteiger partial charge in [0.15, 0.2) is 0 Å². The molecule has 0 amide bonds. The van der Waals surface area contributed by atoms with Crippen LogP contribution in [0.25, 0.3) is 10.8 Å². The Morgan fingerprint density at radius 1 is 0.929 bits per heavy atom. The lowest BCUT2D eigenvalue weighted by atomic mass is 10.1. The molecule has 2 aromatic rings. The first-order chi connectivity index (χ1) is 6.59. The van der Waals surface area contributed by atoms with Crippen LogP contribution >= 0.6 is 23.2 Å². The number of phenolic OH excluding ortho intramolecular Hbond substituents is 2. The van der Waals surface area contributed by atoms with Gasteiger partial charge in [-0.25, -0.2) is 0 Å². The molecule has 14 heavy (non-hydrogen) atoms. The third-order valence-electron chi connectivity index (χ3n) is 2.00. The summed E-state index contributed by atoms with van der Waals surface area (Å²) in [6, 6.07) is 6.12. The summed E-state index contributed by atoms with van der Waals surface area (Å²) >= 11 is 11.5. The fourth-order valence-electron chi connectivity index (χ4n) is 1.33. The van der Waals surface area contributed by atoms with E-state index in [4.69, 9.17) is 23.2 Å². The number of rotatable bonds is 0. The van der Waals surface area contributed by atoms with Crippen LogP contribution in [0.4, 0.5) is 0 Å². The van der Waals surface area contributed by atoms with E-state index >= 15 is 0 Å². The van der Waals surface area contributed by atoms with Crippen molar-refractivity contribution in [1.29, 1.82) is 0 Å². The van der Waals surface area contributed by atoms with Crippen molar-refractivity contribution in [3.63, 3.8) is 0 Å². The normalized spacial score (nSPS) is 10.7. The summed E-state index contributed by atoms with van der Waals surface area (Å²) < 4.78 is 0. The maximum atomic E-state index is 9.61. The first kappa shape index (κ1) is 9.44.